The van der Waals surface area contributed by atoms with Gasteiger partial charge < -0.3 is 0 Å². The Morgan fingerprint density at radius 1 is 1.24 bits per heavy atom. The van der Waals surface area contributed by atoms with E-state index >= 15 is 0 Å². The van der Waals surface area contributed by atoms with Crippen LogP contribution < -0.4 is 0 Å². The number of aryl methyl sites for hydroxylation is 2. The molecule has 0 fully saturated rings. The summed E-state index contributed by atoms with van der Waals surface area (Å²) in [4.78, 5) is 0. The second-order valence-corrected chi connectivity index (χ2v) is 7.69. The molecule has 3 rings (SSSR count). The van der Waals surface area contributed by atoms with E-state index in [2.05, 4.69) is 77.1 Å². The average Bonchev–Trinajstić information content (AvgIpc) is 3.06. The van der Waals surface area contributed by atoms with Gasteiger partial charge in [0, 0.05) is 11.6 Å². The van der Waals surface area contributed by atoms with Crippen LogP contribution in [-0.2, 0) is 6.54 Å². The van der Waals surface area contributed by atoms with Gasteiger partial charge in [0.1, 0.15) is 5.82 Å². The molecule has 0 aliphatic carbocycles. The molecule has 0 bridgehead atoms. The van der Waals surface area contributed by atoms with Crippen LogP contribution in [0, 0.1) is 32.5 Å². The van der Waals surface area contributed by atoms with Gasteiger partial charge in [0.05, 0.1) is 22.4 Å². The van der Waals surface area contributed by atoms with Gasteiger partial charge in [-0.25, -0.2) is 0 Å². The zero-order chi connectivity index (χ0) is 18.3. The third kappa shape index (κ3) is 3.22. The molecule has 0 unspecified atom stereocenters. The molecule has 2 heterocycles. The quantitative estimate of drug-likeness (QED) is 0.610. The number of nitrogens with one attached hydrogen (secondary N) is 1. The molecule has 0 saturated carbocycles. The molecule has 0 aliphatic rings. The molecule has 1 N–H and O–H groups in total. The smallest absolute Gasteiger partial charge is 0.199 e. The fraction of sp³-hybridized carbons (Fsp3) is 0.389. The van der Waals surface area contributed by atoms with Crippen LogP contribution in [-0.4, -0.2) is 24.5 Å². The summed E-state index contributed by atoms with van der Waals surface area (Å²) in [5.74, 6) is 1.07. The Kier molecular flexibility index (Phi) is 4.97. The number of aromatic amines is 1. The molecule has 0 spiro atoms. The highest BCUT2D eigenvalue weighted by molar-refractivity contribution is 9.10. The van der Waals surface area contributed by atoms with E-state index in [4.69, 9.17) is 12.2 Å². The standard InChI is InChI=1S/C18H22BrN5S/c1-10-7-6-8-15(12(10)3)24-17(20-21-18(24)25)11(2)9-23-14(5)16(19)13(4)22-23/h6-8,11H,9H2,1-5H3,(H,21,25)/t11-/m0/s1. The first kappa shape index (κ1) is 18.1. The molecule has 0 saturated heterocycles. The van der Waals surface area contributed by atoms with E-state index < -0.39 is 0 Å². The first-order valence-electron chi connectivity index (χ1n) is 8.24. The number of rotatable bonds is 4. The minimum Gasteiger partial charge on any atom is -0.272 e. The Hall–Kier alpha value is -1.73. The topological polar surface area (TPSA) is 51.4 Å². The summed E-state index contributed by atoms with van der Waals surface area (Å²) in [6.45, 7) is 11.2. The summed E-state index contributed by atoms with van der Waals surface area (Å²) in [6.07, 6.45) is 0. The highest BCUT2D eigenvalue weighted by Crippen LogP contribution is 2.26. The van der Waals surface area contributed by atoms with Crippen LogP contribution in [0.2, 0.25) is 0 Å². The molecule has 0 aliphatic heterocycles. The van der Waals surface area contributed by atoms with Gasteiger partial charge in [-0.05, 0) is 73.0 Å². The third-order valence-electron chi connectivity index (χ3n) is 4.70. The maximum absolute atomic E-state index is 5.51. The van der Waals surface area contributed by atoms with Gasteiger partial charge in [-0.2, -0.15) is 10.2 Å². The fourth-order valence-corrected chi connectivity index (χ4v) is 3.57. The predicted octanol–water partition coefficient (Wildman–Crippen LogP) is 4.93. The summed E-state index contributed by atoms with van der Waals surface area (Å²) in [6, 6.07) is 6.25. The van der Waals surface area contributed by atoms with E-state index in [1.54, 1.807) is 0 Å². The normalized spacial score (nSPS) is 12.6. The third-order valence-corrected chi connectivity index (χ3v) is 6.12. The van der Waals surface area contributed by atoms with Crippen molar-refractivity contribution in [2.45, 2.75) is 47.1 Å². The van der Waals surface area contributed by atoms with Crippen molar-refractivity contribution in [3.8, 4) is 5.69 Å². The molecule has 3 aromatic rings. The summed E-state index contributed by atoms with van der Waals surface area (Å²) in [7, 11) is 0. The molecule has 7 heteroatoms. The maximum Gasteiger partial charge on any atom is 0.199 e. The highest BCUT2D eigenvalue weighted by Gasteiger charge is 2.19. The van der Waals surface area contributed by atoms with Gasteiger partial charge in [-0.3, -0.25) is 14.3 Å². The molecule has 1 aromatic carbocycles. The van der Waals surface area contributed by atoms with Crippen LogP contribution in [0.1, 0.15) is 41.2 Å². The van der Waals surface area contributed by atoms with Crippen molar-refractivity contribution in [2.75, 3.05) is 0 Å². The molecule has 0 amide bonds. The van der Waals surface area contributed by atoms with Crippen molar-refractivity contribution in [3.05, 3.63) is 55.8 Å². The molecular weight excluding hydrogens is 398 g/mol. The van der Waals surface area contributed by atoms with Crippen LogP contribution in [0.3, 0.4) is 0 Å². The Labute approximate surface area is 161 Å². The number of benzene rings is 1. The first-order chi connectivity index (χ1) is 11.8. The summed E-state index contributed by atoms with van der Waals surface area (Å²) in [5.41, 5.74) is 5.65. The lowest BCUT2D eigenvalue weighted by Gasteiger charge is -2.16. The number of nitrogens with zero attached hydrogens (tertiary/aromatic N) is 4. The van der Waals surface area contributed by atoms with Gasteiger partial charge >= 0.3 is 0 Å². The second kappa shape index (κ2) is 6.88. The van der Waals surface area contributed by atoms with Crippen molar-refractivity contribution in [2.24, 2.45) is 0 Å². The van der Waals surface area contributed by atoms with Gasteiger partial charge in [-0.15, -0.1) is 0 Å². The number of aromatic nitrogens is 5. The fourth-order valence-electron chi connectivity index (χ4n) is 3.04. The van der Waals surface area contributed by atoms with Gasteiger partial charge in [0.2, 0.25) is 0 Å². The number of H-pyrrole nitrogens is 1. The van der Waals surface area contributed by atoms with Gasteiger partial charge in [-0.1, -0.05) is 19.1 Å². The Morgan fingerprint density at radius 3 is 2.60 bits per heavy atom. The molecule has 1 atom stereocenters. The average molecular weight is 420 g/mol. The second-order valence-electron chi connectivity index (χ2n) is 6.51. The molecule has 25 heavy (non-hydrogen) atoms. The lowest BCUT2D eigenvalue weighted by atomic mass is 10.1. The van der Waals surface area contributed by atoms with E-state index in [1.165, 1.54) is 11.1 Å². The highest BCUT2D eigenvalue weighted by atomic mass is 79.9. The zero-order valence-electron chi connectivity index (χ0n) is 15.1. The predicted molar refractivity (Wildman–Crippen MR) is 106 cm³/mol. The zero-order valence-corrected chi connectivity index (χ0v) is 17.5. The lowest BCUT2D eigenvalue weighted by molar-refractivity contribution is 0.506. The molecular formula is C18H22BrN5S. The summed E-state index contributed by atoms with van der Waals surface area (Å²) >= 11 is 9.10. The van der Waals surface area contributed by atoms with Crippen molar-refractivity contribution < 1.29 is 0 Å². The van der Waals surface area contributed by atoms with E-state index in [0.29, 0.717) is 4.77 Å². The van der Waals surface area contributed by atoms with Gasteiger partial charge in [0.25, 0.3) is 0 Å². The summed E-state index contributed by atoms with van der Waals surface area (Å²) in [5, 5.41) is 12.1. The van der Waals surface area contributed by atoms with E-state index in [-0.39, 0.29) is 5.92 Å². The lowest BCUT2D eigenvalue weighted by Crippen LogP contribution is -2.14. The van der Waals surface area contributed by atoms with Crippen LogP contribution in [0.25, 0.3) is 5.69 Å². The Balaban J connectivity index is 2.03. The van der Waals surface area contributed by atoms with Gasteiger partial charge in [0.15, 0.2) is 4.77 Å². The van der Waals surface area contributed by atoms with E-state index in [9.17, 15) is 0 Å². The van der Waals surface area contributed by atoms with Crippen molar-refractivity contribution >= 4 is 28.1 Å². The van der Waals surface area contributed by atoms with E-state index in [1.807, 2.05) is 16.2 Å². The van der Waals surface area contributed by atoms with Crippen molar-refractivity contribution in [3.63, 3.8) is 0 Å². The monoisotopic (exact) mass is 419 g/mol. The minimum atomic E-state index is 0.151. The summed E-state index contributed by atoms with van der Waals surface area (Å²) < 4.78 is 5.75. The first-order valence-corrected chi connectivity index (χ1v) is 9.44. The Bertz CT molecular complexity index is 982. The van der Waals surface area contributed by atoms with Crippen molar-refractivity contribution in [1.29, 1.82) is 0 Å². The minimum absolute atomic E-state index is 0.151. The number of halogens is 1. The van der Waals surface area contributed by atoms with Crippen LogP contribution in [0.5, 0.6) is 0 Å². The largest absolute Gasteiger partial charge is 0.272 e. The molecule has 5 nitrogen and oxygen atoms in total. The van der Waals surface area contributed by atoms with Crippen LogP contribution >= 0.6 is 28.1 Å². The SMILES string of the molecule is Cc1cccc(-n2c([C@@H](C)Cn3nc(C)c(Br)c3C)n[nH]c2=S)c1C. The number of hydrogen-bond acceptors (Lipinski definition) is 3. The number of hydrogen-bond donors (Lipinski definition) is 1. The van der Waals surface area contributed by atoms with Crippen LogP contribution in [0.4, 0.5) is 0 Å². The molecule has 132 valence electrons. The maximum atomic E-state index is 5.51. The molecule has 2 aromatic heterocycles. The van der Waals surface area contributed by atoms with Crippen LogP contribution in [0.15, 0.2) is 22.7 Å². The Morgan fingerprint density at radius 2 is 1.96 bits per heavy atom. The molecule has 0 radical (unpaired) electrons. The van der Waals surface area contributed by atoms with E-state index in [0.717, 1.165) is 33.9 Å². The van der Waals surface area contributed by atoms with Crippen molar-refractivity contribution in [1.82, 2.24) is 24.5 Å².